The van der Waals surface area contributed by atoms with Gasteiger partial charge in [0.25, 0.3) is 0 Å². The number of rotatable bonds is 2. The van der Waals surface area contributed by atoms with Crippen LogP contribution in [0.15, 0.2) is 47.0 Å². The van der Waals surface area contributed by atoms with Crippen LogP contribution in [0.2, 0.25) is 5.02 Å². The quantitative estimate of drug-likeness (QED) is 0.747. The fourth-order valence-corrected chi connectivity index (χ4v) is 2.33. The van der Waals surface area contributed by atoms with Crippen LogP contribution in [-0.2, 0) is 0 Å². The third-order valence-electron chi connectivity index (χ3n) is 3.29. The Balaban J connectivity index is 2.22. The molecule has 0 unspecified atom stereocenters. The Hall–Kier alpha value is -2.33. The number of aryl methyl sites for hydroxylation is 1. The first kappa shape index (κ1) is 13.6. The van der Waals surface area contributed by atoms with E-state index >= 15 is 0 Å². The Morgan fingerprint density at radius 2 is 1.95 bits per heavy atom. The average Bonchev–Trinajstić information content (AvgIpc) is 2.84. The standard InChI is InChI=1S/C16H12ClFN2O/c1-9-8-10(6-7-12(9)17)15-14(16(19)21-20-15)11-4-2-3-5-13(11)18/h2-8H,19H2,1H3. The molecule has 0 atom stereocenters. The molecule has 3 rings (SSSR count). The van der Waals surface area contributed by atoms with Crippen molar-refractivity contribution in [1.29, 1.82) is 0 Å². The van der Waals surface area contributed by atoms with Gasteiger partial charge in [-0.2, -0.15) is 0 Å². The number of hydrogen-bond acceptors (Lipinski definition) is 3. The Morgan fingerprint density at radius 3 is 2.67 bits per heavy atom. The van der Waals surface area contributed by atoms with Gasteiger partial charge in [0.1, 0.15) is 11.5 Å². The monoisotopic (exact) mass is 302 g/mol. The van der Waals surface area contributed by atoms with Crippen LogP contribution < -0.4 is 5.73 Å². The third kappa shape index (κ3) is 2.38. The molecule has 0 spiro atoms. The van der Waals surface area contributed by atoms with Crippen molar-refractivity contribution in [3.63, 3.8) is 0 Å². The number of nitrogens with zero attached hydrogens (tertiary/aromatic N) is 1. The maximum absolute atomic E-state index is 14.0. The molecule has 2 aromatic carbocycles. The smallest absolute Gasteiger partial charge is 0.230 e. The summed E-state index contributed by atoms with van der Waals surface area (Å²) in [5.41, 5.74) is 8.81. The highest BCUT2D eigenvalue weighted by Gasteiger charge is 2.20. The maximum Gasteiger partial charge on any atom is 0.230 e. The van der Waals surface area contributed by atoms with Crippen molar-refractivity contribution in [2.75, 3.05) is 5.73 Å². The van der Waals surface area contributed by atoms with E-state index in [0.29, 0.717) is 21.8 Å². The van der Waals surface area contributed by atoms with Gasteiger partial charge in [-0.1, -0.05) is 41.0 Å². The van der Waals surface area contributed by atoms with Gasteiger partial charge in [-0.3, -0.25) is 0 Å². The maximum atomic E-state index is 14.0. The topological polar surface area (TPSA) is 52.0 Å². The molecule has 1 aromatic heterocycles. The molecule has 1 heterocycles. The molecule has 0 saturated carbocycles. The molecule has 3 nitrogen and oxygen atoms in total. The Kier molecular flexibility index (Phi) is 3.39. The molecule has 5 heteroatoms. The van der Waals surface area contributed by atoms with Gasteiger partial charge in [-0.05, 0) is 30.7 Å². The van der Waals surface area contributed by atoms with E-state index in [4.69, 9.17) is 21.9 Å². The van der Waals surface area contributed by atoms with Gasteiger partial charge in [0, 0.05) is 16.1 Å². The molecule has 106 valence electrons. The van der Waals surface area contributed by atoms with E-state index in [1.165, 1.54) is 6.07 Å². The molecule has 0 bridgehead atoms. The second-order valence-corrected chi connectivity index (χ2v) is 5.12. The van der Waals surface area contributed by atoms with Crippen molar-refractivity contribution in [2.45, 2.75) is 6.92 Å². The van der Waals surface area contributed by atoms with Gasteiger partial charge in [-0.25, -0.2) is 4.39 Å². The van der Waals surface area contributed by atoms with Gasteiger partial charge in [-0.15, -0.1) is 0 Å². The summed E-state index contributed by atoms with van der Waals surface area (Å²) in [7, 11) is 0. The van der Waals surface area contributed by atoms with E-state index in [9.17, 15) is 4.39 Å². The highest BCUT2D eigenvalue weighted by Crippen LogP contribution is 2.38. The van der Waals surface area contributed by atoms with Crippen LogP contribution in [0.4, 0.5) is 10.3 Å². The van der Waals surface area contributed by atoms with Crippen LogP contribution in [0.1, 0.15) is 5.56 Å². The molecule has 21 heavy (non-hydrogen) atoms. The van der Waals surface area contributed by atoms with Crippen LogP contribution in [0, 0.1) is 12.7 Å². The summed E-state index contributed by atoms with van der Waals surface area (Å²) < 4.78 is 19.1. The highest BCUT2D eigenvalue weighted by atomic mass is 35.5. The summed E-state index contributed by atoms with van der Waals surface area (Å²) in [4.78, 5) is 0. The lowest BCUT2D eigenvalue weighted by atomic mass is 9.99. The molecule has 0 fully saturated rings. The summed E-state index contributed by atoms with van der Waals surface area (Å²) in [6.45, 7) is 1.89. The first-order chi connectivity index (χ1) is 10.1. The Bertz CT molecular complexity index is 814. The van der Waals surface area contributed by atoms with Crippen molar-refractivity contribution in [3.8, 4) is 22.4 Å². The summed E-state index contributed by atoms with van der Waals surface area (Å²) in [6.07, 6.45) is 0. The minimum atomic E-state index is -0.376. The number of aromatic nitrogens is 1. The third-order valence-corrected chi connectivity index (χ3v) is 3.72. The summed E-state index contributed by atoms with van der Waals surface area (Å²) in [5, 5.41) is 4.62. The molecule has 0 amide bonds. The molecule has 3 aromatic rings. The van der Waals surface area contributed by atoms with Gasteiger partial charge in [0.2, 0.25) is 5.88 Å². The van der Waals surface area contributed by atoms with Crippen LogP contribution in [0.25, 0.3) is 22.4 Å². The number of halogens is 2. The van der Waals surface area contributed by atoms with Crippen molar-refractivity contribution in [3.05, 3.63) is 58.9 Å². The average molecular weight is 303 g/mol. The van der Waals surface area contributed by atoms with E-state index < -0.39 is 0 Å². The van der Waals surface area contributed by atoms with Crippen molar-refractivity contribution in [1.82, 2.24) is 5.16 Å². The van der Waals surface area contributed by atoms with Crippen LogP contribution in [-0.4, -0.2) is 5.16 Å². The van der Waals surface area contributed by atoms with E-state index in [-0.39, 0.29) is 11.7 Å². The molecular weight excluding hydrogens is 291 g/mol. The molecule has 0 radical (unpaired) electrons. The van der Waals surface area contributed by atoms with Gasteiger partial charge < -0.3 is 10.3 Å². The minimum Gasteiger partial charge on any atom is -0.367 e. The van der Waals surface area contributed by atoms with Crippen LogP contribution in [0.3, 0.4) is 0 Å². The number of nitrogen functional groups attached to an aromatic ring is 1. The van der Waals surface area contributed by atoms with Gasteiger partial charge in [0.15, 0.2) is 0 Å². The van der Waals surface area contributed by atoms with E-state index in [1.807, 2.05) is 13.0 Å². The first-order valence-electron chi connectivity index (χ1n) is 6.34. The summed E-state index contributed by atoms with van der Waals surface area (Å²) in [5.74, 6) is -0.290. The van der Waals surface area contributed by atoms with E-state index in [1.54, 1.807) is 30.3 Å². The lowest BCUT2D eigenvalue weighted by Gasteiger charge is -2.05. The number of nitrogens with two attached hydrogens (primary N) is 1. The van der Waals surface area contributed by atoms with E-state index in [2.05, 4.69) is 5.16 Å². The SMILES string of the molecule is Cc1cc(-c2noc(N)c2-c2ccccc2F)ccc1Cl. The molecule has 0 aliphatic carbocycles. The molecule has 0 aliphatic heterocycles. The fourth-order valence-electron chi connectivity index (χ4n) is 2.22. The zero-order chi connectivity index (χ0) is 15.0. The predicted molar refractivity (Wildman–Crippen MR) is 81.5 cm³/mol. The first-order valence-corrected chi connectivity index (χ1v) is 6.72. The Labute approximate surface area is 126 Å². The summed E-state index contributed by atoms with van der Waals surface area (Å²) in [6, 6.07) is 11.8. The lowest BCUT2D eigenvalue weighted by molar-refractivity contribution is 0.439. The molecular formula is C16H12ClFN2O. The predicted octanol–water partition coefficient (Wildman–Crippen LogP) is 4.69. The summed E-state index contributed by atoms with van der Waals surface area (Å²) >= 11 is 6.03. The fraction of sp³-hybridized carbons (Fsp3) is 0.0625. The number of anilines is 1. The molecule has 2 N–H and O–H groups in total. The second kappa shape index (κ2) is 5.22. The largest absolute Gasteiger partial charge is 0.367 e. The number of benzene rings is 2. The van der Waals surface area contributed by atoms with Crippen LogP contribution >= 0.6 is 11.6 Å². The highest BCUT2D eigenvalue weighted by molar-refractivity contribution is 6.31. The number of hydrogen-bond donors (Lipinski definition) is 1. The van der Waals surface area contributed by atoms with Crippen molar-refractivity contribution < 1.29 is 8.91 Å². The van der Waals surface area contributed by atoms with Crippen LogP contribution in [0.5, 0.6) is 0 Å². The second-order valence-electron chi connectivity index (χ2n) is 4.71. The normalized spacial score (nSPS) is 10.8. The molecule has 0 saturated heterocycles. The molecule has 0 aliphatic rings. The zero-order valence-corrected chi connectivity index (χ0v) is 12.0. The zero-order valence-electron chi connectivity index (χ0n) is 11.2. The van der Waals surface area contributed by atoms with Gasteiger partial charge in [0.05, 0.1) is 5.56 Å². The minimum absolute atomic E-state index is 0.0858. The Morgan fingerprint density at radius 1 is 1.19 bits per heavy atom. The van der Waals surface area contributed by atoms with Crippen molar-refractivity contribution in [2.24, 2.45) is 0 Å². The van der Waals surface area contributed by atoms with E-state index in [0.717, 1.165) is 11.1 Å². The lowest BCUT2D eigenvalue weighted by Crippen LogP contribution is -1.91. The van der Waals surface area contributed by atoms with Gasteiger partial charge >= 0.3 is 0 Å². The van der Waals surface area contributed by atoms with Crippen molar-refractivity contribution >= 4 is 17.5 Å².